The van der Waals surface area contributed by atoms with Gasteiger partial charge in [0, 0.05) is 0 Å². The van der Waals surface area contributed by atoms with E-state index >= 15 is 0 Å². The monoisotopic (exact) mass is 366 g/mol. The summed E-state index contributed by atoms with van der Waals surface area (Å²) in [5.74, 6) is -0.778. The van der Waals surface area contributed by atoms with Crippen molar-refractivity contribution in [2.75, 3.05) is 21.3 Å². The molecule has 1 aliphatic rings. The van der Waals surface area contributed by atoms with Gasteiger partial charge < -0.3 is 19.3 Å². The number of allylic oxidation sites excluding steroid dienone is 2. The number of rotatable bonds is 5. The molecule has 0 saturated carbocycles. The normalized spacial score (nSPS) is 14.5. The molecule has 0 atom stereocenters. The largest absolute Gasteiger partial charge is 0.504 e. The van der Waals surface area contributed by atoms with Crippen LogP contribution < -0.4 is 9.47 Å². The van der Waals surface area contributed by atoms with E-state index in [1.807, 2.05) is 0 Å². The lowest BCUT2D eigenvalue weighted by Crippen LogP contribution is -2.23. The van der Waals surface area contributed by atoms with E-state index in [2.05, 4.69) is 0 Å². The summed E-state index contributed by atoms with van der Waals surface area (Å²) < 4.78 is 15.4. The van der Waals surface area contributed by atoms with E-state index in [-0.39, 0.29) is 16.9 Å². The second kappa shape index (κ2) is 7.37. The molecule has 1 aliphatic carbocycles. The number of aliphatic hydroxyl groups excluding tert-OH is 1. The Morgan fingerprint density at radius 1 is 0.630 bits per heavy atom. The first-order chi connectivity index (χ1) is 13.0. The summed E-state index contributed by atoms with van der Waals surface area (Å²) in [5.41, 5.74) is 0.762. The van der Waals surface area contributed by atoms with Crippen LogP contribution in [0.4, 0.5) is 0 Å². The fraction of sp³-hybridized carbons (Fsp3) is 0.143. The molecule has 0 saturated heterocycles. The molecule has 27 heavy (non-hydrogen) atoms. The molecule has 0 heterocycles. The number of aliphatic hydroxyl groups is 1. The number of ketones is 2. The Balaban J connectivity index is 2.10. The zero-order valence-corrected chi connectivity index (χ0v) is 15.1. The maximum atomic E-state index is 13.0. The molecule has 2 aromatic rings. The van der Waals surface area contributed by atoms with E-state index < -0.39 is 17.3 Å². The van der Waals surface area contributed by atoms with Crippen LogP contribution in [-0.2, 0) is 14.3 Å². The van der Waals surface area contributed by atoms with E-state index in [4.69, 9.17) is 14.2 Å². The molecule has 138 valence electrons. The lowest BCUT2D eigenvalue weighted by molar-refractivity contribution is -0.117. The standard InChI is InChI=1S/C21H18O6/c1-25-14-8-4-12(5-9-14)16-18(22)19(23)17(21(27-3)20(16)24)13-6-10-15(26-2)11-7-13/h4-11,22H,1-3H3. The van der Waals surface area contributed by atoms with Crippen LogP contribution in [0.2, 0.25) is 0 Å². The minimum Gasteiger partial charge on any atom is -0.504 e. The van der Waals surface area contributed by atoms with Gasteiger partial charge in [0.2, 0.25) is 11.6 Å². The summed E-state index contributed by atoms with van der Waals surface area (Å²) >= 11 is 0. The summed E-state index contributed by atoms with van der Waals surface area (Å²) in [5, 5.41) is 10.5. The van der Waals surface area contributed by atoms with Crippen molar-refractivity contribution >= 4 is 22.7 Å². The molecule has 0 unspecified atom stereocenters. The van der Waals surface area contributed by atoms with E-state index in [0.29, 0.717) is 22.6 Å². The summed E-state index contributed by atoms with van der Waals surface area (Å²) in [7, 11) is 4.37. The molecule has 6 heteroatoms. The molecular weight excluding hydrogens is 348 g/mol. The van der Waals surface area contributed by atoms with E-state index in [9.17, 15) is 14.7 Å². The second-order valence-corrected chi connectivity index (χ2v) is 5.75. The highest BCUT2D eigenvalue weighted by molar-refractivity contribution is 6.46. The van der Waals surface area contributed by atoms with Gasteiger partial charge in [-0.05, 0) is 35.4 Å². The van der Waals surface area contributed by atoms with Crippen LogP contribution >= 0.6 is 0 Å². The van der Waals surface area contributed by atoms with Crippen molar-refractivity contribution in [2.45, 2.75) is 0 Å². The van der Waals surface area contributed by atoms with Crippen molar-refractivity contribution < 1.29 is 28.9 Å². The molecule has 0 aliphatic heterocycles. The highest BCUT2D eigenvalue weighted by atomic mass is 16.5. The lowest BCUT2D eigenvalue weighted by atomic mass is 9.86. The maximum absolute atomic E-state index is 13.0. The molecule has 0 aromatic heterocycles. The molecule has 6 nitrogen and oxygen atoms in total. The number of carbonyl (C=O) groups is 2. The summed E-state index contributed by atoms with van der Waals surface area (Å²) in [6.45, 7) is 0. The Bertz CT molecular complexity index is 949. The van der Waals surface area contributed by atoms with Crippen molar-refractivity contribution in [1.29, 1.82) is 0 Å². The smallest absolute Gasteiger partial charge is 0.232 e. The van der Waals surface area contributed by atoms with Crippen LogP contribution in [0.25, 0.3) is 11.1 Å². The van der Waals surface area contributed by atoms with Gasteiger partial charge in [0.25, 0.3) is 0 Å². The Kier molecular flexibility index (Phi) is 4.98. The van der Waals surface area contributed by atoms with Crippen LogP contribution in [0, 0.1) is 0 Å². The van der Waals surface area contributed by atoms with Gasteiger partial charge in [-0.1, -0.05) is 24.3 Å². The van der Waals surface area contributed by atoms with Crippen molar-refractivity contribution in [3.05, 3.63) is 71.2 Å². The number of benzene rings is 2. The van der Waals surface area contributed by atoms with Gasteiger partial charge in [-0.25, -0.2) is 0 Å². The van der Waals surface area contributed by atoms with Gasteiger partial charge in [-0.3, -0.25) is 9.59 Å². The first-order valence-corrected chi connectivity index (χ1v) is 8.11. The molecule has 0 fully saturated rings. The molecule has 0 spiro atoms. The highest BCUT2D eigenvalue weighted by Crippen LogP contribution is 2.36. The Morgan fingerprint density at radius 2 is 1.07 bits per heavy atom. The number of Topliss-reactive ketones (excluding diaryl/α,β-unsaturated/α-hetero) is 2. The fourth-order valence-corrected chi connectivity index (χ4v) is 2.91. The Labute approximate surface area is 156 Å². The average Bonchev–Trinajstić information content (AvgIpc) is 2.71. The van der Waals surface area contributed by atoms with Gasteiger partial charge >= 0.3 is 0 Å². The quantitative estimate of drug-likeness (QED) is 0.819. The van der Waals surface area contributed by atoms with Gasteiger partial charge in [0.05, 0.1) is 32.5 Å². The van der Waals surface area contributed by atoms with E-state index in [1.165, 1.54) is 21.3 Å². The van der Waals surface area contributed by atoms with Crippen molar-refractivity contribution in [2.24, 2.45) is 0 Å². The number of methoxy groups -OCH3 is 3. The van der Waals surface area contributed by atoms with Crippen molar-refractivity contribution in [3.63, 3.8) is 0 Å². The number of hydrogen-bond donors (Lipinski definition) is 1. The first kappa shape index (κ1) is 18.3. The van der Waals surface area contributed by atoms with Gasteiger partial charge in [-0.15, -0.1) is 0 Å². The third-order valence-corrected chi connectivity index (χ3v) is 4.30. The average molecular weight is 366 g/mol. The zero-order valence-electron chi connectivity index (χ0n) is 15.1. The third kappa shape index (κ3) is 3.17. The summed E-state index contributed by atoms with van der Waals surface area (Å²) in [4.78, 5) is 25.8. The predicted molar refractivity (Wildman–Crippen MR) is 99.5 cm³/mol. The highest BCUT2D eigenvalue weighted by Gasteiger charge is 2.37. The van der Waals surface area contributed by atoms with Crippen LogP contribution in [0.5, 0.6) is 11.5 Å². The van der Waals surface area contributed by atoms with Gasteiger partial charge in [0.1, 0.15) is 11.5 Å². The van der Waals surface area contributed by atoms with Crippen LogP contribution in [0.15, 0.2) is 60.0 Å². The molecule has 0 radical (unpaired) electrons. The summed E-state index contributed by atoms with van der Waals surface area (Å²) in [6, 6.07) is 13.1. The molecule has 2 aromatic carbocycles. The number of carbonyl (C=O) groups excluding carboxylic acids is 2. The lowest BCUT2D eigenvalue weighted by Gasteiger charge is -2.20. The SMILES string of the molecule is COC1=C(c2ccc(OC)cc2)C(=O)C(O)=C(c2ccc(OC)cc2)C1=O. The molecule has 1 N–H and O–H groups in total. The van der Waals surface area contributed by atoms with Crippen LogP contribution in [-0.4, -0.2) is 38.0 Å². The molecule has 0 bridgehead atoms. The molecule has 0 amide bonds. The van der Waals surface area contributed by atoms with E-state index in [0.717, 1.165) is 0 Å². The van der Waals surface area contributed by atoms with Crippen molar-refractivity contribution in [1.82, 2.24) is 0 Å². The number of ether oxygens (including phenoxy) is 3. The number of hydrogen-bond acceptors (Lipinski definition) is 6. The third-order valence-electron chi connectivity index (χ3n) is 4.30. The summed E-state index contributed by atoms with van der Waals surface area (Å²) in [6.07, 6.45) is 0. The first-order valence-electron chi connectivity index (χ1n) is 8.11. The molecule has 3 rings (SSSR count). The van der Waals surface area contributed by atoms with Crippen LogP contribution in [0.1, 0.15) is 11.1 Å². The second-order valence-electron chi connectivity index (χ2n) is 5.75. The minimum absolute atomic E-state index is 0.0138. The van der Waals surface area contributed by atoms with Gasteiger partial charge in [-0.2, -0.15) is 0 Å². The predicted octanol–water partition coefficient (Wildman–Crippen LogP) is 3.18. The maximum Gasteiger partial charge on any atom is 0.232 e. The van der Waals surface area contributed by atoms with Crippen LogP contribution in [0.3, 0.4) is 0 Å². The topological polar surface area (TPSA) is 82.1 Å². The van der Waals surface area contributed by atoms with Gasteiger partial charge in [0.15, 0.2) is 11.5 Å². The Morgan fingerprint density at radius 3 is 1.48 bits per heavy atom. The fourth-order valence-electron chi connectivity index (χ4n) is 2.91. The van der Waals surface area contributed by atoms with Crippen molar-refractivity contribution in [3.8, 4) is 11.5 Å². The zero-order chi connectivity index (χ0) is 19.6. The Hall–Kier alpha value is -3.54. The molecular formula is C21H18O6. The van der Waals surface area contributed by atoms with E-state index in [1.54, 1.807) is 48.5 Å². The minimum atomic E-state index is -0.678.